The second-order valence-electron chi connectivity index (χ2n) is 7.53. The summed E-state index contributed by atoms with van der Waals surface area (Å²) in [5, 5.41) is 0. The average molecular weight is 457 g/mol. The minimum absolute atomic E-state index is 0.0671. The fourth-order valence-electron chi connectivity index (χ4n) is 4.22. The van der Waals surface area contributed by atoms with Gasteiger partial charge in [0.05, 0.1) is 11.3 Å². The normalized spacial score (nSPS) is 20.7. The van der Waals surface area contributed by atoms with Crippen LogP contribution in [-0.2, 0) is 20.9 Å². The van der Waals surface area contributed by atoms with E-state index in [0.717, 1.165) is 10.0 Å². The van der Waals surface area contributed by atoms with Gasteiger partial charge in [0.2, 0.25) is 11.6 Å². The van der Waals surface area contributed by atoms with Crippen LogP contribution in [0.15, 0.2) is 53.0 Å². The van der Waals surface area contributed by atoms with Gasteiger partial charge in [-0.3, -0.25) is 14.5 Å². The van der Waals surface area contributed by atoms with Gasteiger partial charge >= 0.3 is 5.97 Å². The van der Waals surface area contributed by atoms with Gasteiger partial charge < -0.3 is 9.64 Å². The Morgan fingerprint density at radius 2 is 1.83 bits per heavy atom. The summed E-state index contributed by atoms with van der Waals surface area (Å²) in [5.41, 5.74) is 0.268. The minimum Gasteiger partial charge on any atom is -0.458 e. The van der Waals surface area contributed by atoms with E-state index >= 15 is 0 Å². The molecule has 29 heavy (non-hydrogen) atoms. The molecule has 0 aliphatic carbocycles. The summed E-state index contributed by atoms with van der Waals surface area (Å²) in [6.07, 6.45) is 0.390. The summed E-state index contributed by atoms with van der Waals surface area (Å²) >= 11 is 3.38. The standard InChI is InChI=1S/C22H21BrN2O4/c1-14(2)24-20(27)17-5-3-4-6-18(17)25-19(26)11-12-22(24,25)21(28)29-13-15-7-9-16(23)10-8-15/h3-10,14H,11-13H2,1-2H3. The molecule has 1 atom stereocenters. The molecule has 6 nitrogen and oxygen atoms in total. The third kappa shape index (κ3) is 3.04. The number of esters is 1. The van der Waals surface area contributed by atoms with Gasteiger partial charge in [0.1, 0.15) is 6.61 Å². The number of benzene rings is 2. The number of hydrogen-bond acceptors (Lipinski definition) is 4. The van der Waals surface area contributed by atoms with Crippen molar-refractivity contribution in [1.29, 1.82) is 0 Å². The molecule has 2 aliphatic heterocycles. The Morgan fingerprint density at radius 1 is 1.14 bits per heavy atom. The summed E-state index contributed by atoms with van der Waals surface area (Å²) in [5.74, 6) is -1.03. The molecule has 4 rings (SSSR count). The van der Waals surface area contributed by atoms with Crippen LogP contribution in [0.5, 0.6) is 0 Å². The zero-order valence-electron chi connectivity index (χ0n) is 16.2. The topological polar surface area (TPSA) is 66.9 Å². The fraction of sp³-hybridized carbons (Fsp3) is 0.318. The van der Waals surface area contributed by atoms with Crippen molar-refractivity contribution in [3.63, 3.8) is 0 Å². The maximum atomic E-state index is 13.4. The Balaban J connectivity index is 1.75. The zero-order valence-corrected chi connectivity index (χ0v) is 17.8. The predicted molar refractivity (Wildman–Crippen MR) is 111 cm³/mol. The molecule has 1 saturated heterocycles. The number of ether oxygens (including phenoxy) is 1. The second-order valence-corrected chi connectivity index (χ2v) is 8.45. The summed E-state index contributed by atoms with van der Waals surface area (Å²) < 4.78 is 6.59. The molecule has 2 aromatic carbocycles. The molecule has 1 unspecified atom stereocenters. The molecule has 0 aromatic heterocycles. The largest absolute Gasteiger partial charge is 0.458 e. The van der Waals surface area contributed by atoms with Gasteiger partial charge in [-0.25, -0.2) is 4.79 Å². The van der Waals surface area contributed by atoms with Gasteiger partial charge in [-0.1, -0.05) is 40.2 Å². The molecule has 1 fully saturated rings. The smallest absolute Gasteiger partial charge is 0.354 e. The van der Waals surface area contributed by atoms with E-state index in [1.807, 2.05) is 38.1 Å². The van der Waals surface area contributed by atoms with E-state index in [1.54, 1.807) is 24.3 Å². The first-order chi connectivity index (χ1) is 13.9. The van der Waals surface area contributed by atoms with Crippen LogP contribution in [-0.4, -0.2) is 34.4 Å². The summed E-state index contributed by atoms with van der Waals surface area (Å²) in [6, 6.07) is 14.1. The molecule has 0 N–H and O–H groups in total. The van der Waals surface area contributed by atoms with Gasteiger partial charge in [0.15, 0.2) is 0 Å². The van der Waals surface area contributed by atoms with Gasteiger partial charge in [0, 0.05) is 23.4 Å². The van der Waals surface area contributed by atoms with Crippen molar-refractivity contribution in [1.82, 2.24) is 4.90 Å². The Hall–Kier alpha value is -2.67. The van der Waals surface area contributed by atoms with Crippen molar-refractivity contribution in [3.05, 3.63) is 64.1 Å². The fourth-order valence-corrected chi connectivity index (χ4v) is 4.48. The zero-order chi connectivity index (χ0) is 20.8. The number of rotatable bonds is 4. The van der Waals surface area contributed by atoms with Crippen molar-refractivity contribution < 1.29 is 19.1 Å². The van der Waals surface area contributed by atoms with Crippen molar-refractivity contribution >= 4 is 39.4 Å². The van der Waals surface area contributed by atoms with Crippen LogP contribution in [0.25, 0.3) is 0 Å². The molecule has 2 amide bonds. The number of anilines is 1. The van der Waals surface area contributed by atoms with Gasteiger partial charge in [-0.05, 0) is 43.7 Å². The molecule has 2 heterocycles. The van der Waals surface area contributed by atoms with E-state index in [-0.39, 0.29) is 37.3 Å². The molecule has 2 aliphatic rings. The molecule has 2 aromatic rings. The SMILES string of the molecule is CC(C)N1C(=O)c2ccccc2N2C(=O)CCC21C(=O)OCc1ccc(Br)cc1. The number of fused-ring (bicyclic) bond motifs is 3. The van der Waals surface area contributed by atoms with E-state index in [0.29, 0.717) is 11.3 Å². The van der Waals surface area contributed by atoms with Crippen LogP contribution < -0.4 is 4.90 Å². The molecular formula is C22H21BrN2O4. The first-order valence-corrected chi connectivity index (χ1v) is 10.3. The van der Waals surface area contributed by atoms with Crippen LogP contribution in [0.3, 0.4) is 0 Å². The number of carbonyl (C=O) groups excluding carboxylic acids is 3. The van der Waals surface area contributed by atoms with Gasteiger partial charge in [0.25, 0.3) is 5.91 Å². The molecule has 0 radical (unpaired) electrons. The molecule has 0 saturated carbocycles. The van der Waals surface area contributed by atoms with Crippen LogP contribution in [0.4, 0.5) is 5.69 Å². The Labute approximate surface area is 177 Å². The van der Waals surface area contributed by atoms with E-state index in [4.69, 9.17) is 4.74 Å². The Morgan fingerprint density at radius 3 is 2.52 bits per heavy atom. The Kier molecular flexibility index (Phi) is 4.94. The number of nitrogens with zero attached hydrogens (tertiary/aromatic N) is 2. The summed E-state index contributed by atoms with van der Waals surface area (Å²) in [7, 11) is 0. The number of amides is 2. The third-order valence-electron chi connectivity index (χ3n) is 5.43. The maximum absolute atomic E-state index is 13.4. The van der Waals surface area contributed by atoms with E-state index in [1.165, 1.54) is 9.80 Å². The highest BCUT2D eigenvalue weighted by Gasteiger charge is 2.62. The minimum atomic E-state index is -1.45. The van der Waals surface area contributed by atoms with E-state index < -0.39 is 11.6 Å². The quantitative estimate of drug-likeness (QED) is 0.654. The van der Waals surface area contributed by atoms with Crippen molar-refractivity contribution in [2.75, 3.05) is 4.90 Å². The third-order valence-corrected chi connectivity index (χ3v) is 5.95. The second kappa shape index (κ2) is 7.30. The van der Waals surface area contributed by atoms with Crippen molar-refractivity contribution in [2.24, 2.45) is 0 Å². The lowest BCUT2D eigenvalue weighted by Gasteiger charge is -2.50. The highest BCUT2D eigenvalue weighted by molar-refractivity contribution is 9.10. The highest BCUT2D eigenvalue weighted by Crippen LogP contribution is 2.46. The average Bonchev–Trinajstić information content (AvgIpc) is 3.05. The lowest BCUT2D eigenvalue weighted by molar-refractivity contribution is -0.159. The van der Waals surface area contributed by atoms with Crippen molar-refractivity contribution in [3.8, 4) is 0 Å². The van der Waals surface area contributed by atoms with Crippen LogP contribution in [0.2, 0.25) is 0 Å². The van der Waals surface area contributed by atoms with Crippen LogP contribution in [0.1, 0.15) is 42.6 Å². The highest BCUT2D eigenvalue weighted by atomic mass is 79.9. The lowest BCUT2D eigenvalue weighted by atomic mass is 9.95. The predicted octanol–water partition coefficient (Wildman–Crippen LogP) is 3.88. The first kappa shape index (κ1) is 19.6. The van der Waals surface area contributed by atoms with E-state index in [9.17, 15) is 14.4 Å². The van der Waals surface area contributed by atoms with Crippen LogP contribution >= 0.6 is 15.9 Å². The Bertz CT molecular complexity index is 989. The number of hydrogen-bond donors (Lipinski definition) is 0. The molecule has 0 spiro atoms. The first-order valence-electron chi connectivity index (χ1n) is 9.53. The van der Waals surface area contributed by atoms with E-state index in [2.05, 4.69) is 15.9 Å². The van der Waals surface area contributed by atoms with Gasteiger partial charge in [-0.15, -0.1) is 0 Å². The molecule has 0 bridgehead atoms. The van der Waals surface area contributed by atoms with Crippen LogP contribution in [0, 0.1) is 0 Å². The number of carbonyl (C=O) groups is 3. The molecule has 7 heteroatoms. The lowest BCUT2D eigenvalue weighted by Crippen LogP contribution is -2.70. The number of para-hydroxylation sites is 1. The van der Waals surface area contributed by atoms with Gasteiger partial charge in [-0.2, -0.15) is 0 Å². The number of halogens is 1. The maximum Gasteiger partial charge on any atom is 0.354 e. The summed E-state index contributed by atoms with van der Waals surface area (Å²) in [4.78, 5) is 42.6. The summed E-state index contributed by atoms with van der Waals surface area (Å²) in [6.45, 7) is 3.75. The molecular weight excluding hydrogens is 436 g/mol. The van der Waals surface area contributed by atoms with Crippen molar-refractivity contribution in [2.45, 2.75) is 45.0 Å². The molecule has 150 valence electrons. The monoisotopic (exact) mass is 456 g/mol.